The second-order valence-electron chi connectivity index (χ2n) is 2.89. The zero-order valence-electron chi connectivity index (χ0n) is 7.54. The van der Waals surface area contributed by atoms with Crippen LogP contribution in [0.25, 0.3) is 0 Å². The van der Waals surface area contributed by atoms with E-state index in [1.54, 1.807) is 0 Å². The van der Waals surface area contributed by atoms with Crippen molar-refractivity contribution in [2.24, 2.45) is 5.73 Å². The van der Waals surface area contributed by atoms with Gasteiger partial charge in [-0.05, 0) is 26.0 Å². The quantitative estimate of drug-likeness (QED) is 0.745. The molecular weight excluding hydrogens is 171 g/mol. The van der Waals surface area contributed by atoms with Crippen molar-refractivity contribution in [2.45, 2.75) is 19.9 Å². The van der Waals surface area contributed by atoms with Crippen LogP contribution >= 0.6 is 0 Å². The van der Waals surface area contributed by atoms with Crippen LogP contribution in [0.3, 0.4) is 0 Å². The van der Waals surface area contributed by atoms with Gasteiger partial charge in [0, 0.05) is 0 Å². The summed E-state index contributed by atoms with van der Waals surface area (Å²) in [5, 5.41) is 0. The molecule has 0 saturated heterocycles. The Balaban J connectivity index is 3.03. The molecule has 0 amide bonds. The highest BCUT2D eigenvalue weighted by molar-refractivity contribution is 5.82. The van der Waals surface area contributed by atoms with E-state index < -0.39 is 6.04 Å². The van der Waals surface area contributed by atoms with Crippen LogP contribution in [-0.4, -0.2) is 10.8 Å². The van der Waals surface area contributed by atoms with Gasteiger partial charge >= 0.3 is 0 Å². The topological polar surface area (TPSA) is 56.0 Å². The number of hydrogen-bond acceptors (Lipinski definition) is 3. The number of rotatable bonds is 2. The fourth-order valence-corrected chi connectivity index (χ4v) is 0.945. The lowest BCUT2D eigenvalue weighted by Crippen LogP contribution is -2.20. The number of halogens is 1. The molecule has 0 spiro atoms. The Morgan fingerprint density at radius 2 is 2.23 bits per heavy atom. The molecule has 1 unspecified atom stereocenters. The van der Waals surface area contributed by atoms with Crippen molar-refractivity contribution in [3.8, 4) is 0 Å². The number of nitrogens with two attached hydrogens (primary N) is 1. The molecule has 0 aliphatic rings. The van der Waals surface area contributed by atoms with Gasteiger partial charge in [0.25, 0.3) is 0 Å². The minimum atomic E-state index is -0.751. The number of carbonyl (C=O) groups excluding carboxylic acids is 1. The van der Waals surface area contributed by atoms with Crippen LogP contribution in [0, 0.1) is 12.7 Å². The summed E-state index contributed by atoms with van der Waals surface area (Å²) < 4.78 is 12.8. The number of aryl methyl sites for hydroxylation is 1. The number of aromatic nitrogens is 1. The van der Waals surface area contributed by atoms with Crippen LogP contribution in [0.4, 0.5) is 4.39 Å². The molecule has 0 aliphatic heterocycles. The van der Waals surface area contributed by atoms with E-state index in [-0.39, 0.29) is 17.3 Å². The zero-order valence-corrected chi connectivity index (χ0v) is 7.54. The molecule has 4 heteroatoms. The Kier molecular flexibility index (Phi) is 2.72. The monoisotopic (exact) mass is 182 g/mol. The summed E-state index contributed by atoms with van der Waals surface area (Å²) in [7, 11) is 0. The van der Waals surface area contributed by atoms with Gasteiger partial charge in [-0.3, -0.25) is 9.78 Å². The maximum absolute atomic E-state index is 12.8. The van der Waals surface area contributed by atoms with E-state index in [1.807, 2.05) is 0 Å². The van der Waals surface area contributed by atoms with E-state index in [9.17, 15) is 9.18 Å². The van der Waals surface area contributed by atoms with Crippen LogP contribution in [0.15, 0.2) is 12.1 Å². The van der Waals surface area contributed by atoms with Gasteiger partial charge in [0.05, 0.1) is 11.4 Å². The second-order valence-corrected chi connectivity index (χ2v) is 2.89. The van der Waals surface area contributed by atoms with Gasteiger partial charge < -0.3 is 5.73 Å². The molecule has 1 rings (SSSR count). The van der Waals surface area contributed by atoms with Gasteiger partial charge in [-0.2, -0.15) is 0 Å². The molecule has 1 atom stereocenters. The van der Waals surface area contributed by atoms with Gasteiger partial charge in [-0.1, -0.05) is 0 Å². The molecular formula is C9H11FN2O. The predicted octanol–water partition coefficient (Wildman–Crippen LogP) is 1.12. The molecule has 70 valence electrons. The fraction of sp³-hybridized carbons (Fsp3) is 0.333. The molecule has 0 saturated carbocycles. The second kappa shape index (κ2) is 3.62. The van der Waals surface area contributed by atoms with Crippen molar-refractivity contribution >= 4 is 5.78 Å². The molecule has 3 nitrogen and oxygen atoms in total. The molecule has 1 heterocycles. The maximum Gasteiger partial charge on any atom is 0.152 e. The third-order valence-electron chi connectivity index (χ3n) is 1.80. The minimum Gasteiger partial charge on any atom is -0.317 e. The van der Waals surface area contributed by atoms with Gasteiger partial charge in [0.1, 0.15) is 11.9 Å². The number of hydrogen-bond donors (Lipinski definition) is 1. The average molecular weight is 182 g/mol. The average Bonchev–Trinajstić information content (AvgIpc) is 2.08. The van der Waals surface area contributed by atoms with E-state index in [0.29, 0.717) is 5.69 Å². The molecule has 0 aliphatic carbocycles. The molecule has 0 radical (unpaired) electrons. The summed E-state index contributed by atoms with van der Waals surface area (Å²) >= 11 is 0. The first-order chi connectivity index (χ1) is 6.02. The lowest BCUT2D eigenvalue weighted by Gasteiger charge is -2.07. The third-order valence-corrected chi connectivity index (χ3v) is 1.80. The van der Waals surface area contributed by atoms with E-state index >= 15 is 0 Å². The molecule has 13 heavy (non-hydrogen) atoms. The SMILES string of the molecule is CC(=O)C(N)c1ccc(F)c(C)n1. The lowest BCUT2D eigenvalue weighted by atomic mass is 10.1. The van der Waals surface area contributed by atoms with Crippen molar-refractivity contribution in [1.82, 2.24) is 4.98 Å². The standard InChI is InChI=1S/C9H11FN2O/c1-5-7(10)3-4-8(12-5)9(11)6(2)13/h3-4,9H,11H2,1-2H3. The van der Waals surface area contributed by atoms with Crippen LogP contribution in [0.1, 0.15) is 24.4 Å². The Hall–Kier alpha value is -1.29. The van der Waals surface area contributed by atoms with E-state index in [2.05, 4.69) is 4.98 Å². The van der Waals surface area contributed by atoms with Crippen LogP contribution < -0.4 is 5.73 Å². The Morgan fingerprint density at radius 3 is 2.69 bits per heavy atom. The van der Waals surface area contributed by atoms with E-state index in [4.69, 9.17) is 5.73 Å². The first-order valence-corrected chi connectivity index (χ1v) is 3.91. The van der Waals surface area contributed by atoms with E-state index in [0.717, 1.165) is 0 Å². The van der Waals surface area contributed by atoms with Crippen molar-refractivity contribution in [1.29, 1.82) is 0 Å². The molecule has 2 N–H and O–H groups in total. The van der Waals surface area contributed by atoms with Gasteiger partial charge in [0.2, 0.25) is 0 Å². The first kappa shape index (κ1) is 9.80. The van der Waals surface area contributed by atoms with E-state index in [1.165, 1.54) is 26.0 Å². The maximum atomic E-state index is 12.8. The van der Waals surface area contributed by atoms with Gasteiger partial charge in [0.15, 0.2) is 5.78 Å². The summed E-state index contributed by atoms with van der Waals surface area (Å²) in [5.74, 6) is -0.571. The summed E-state index contributed by atoms with van der Waals surface area (Å²) in [5.41, 5.74) is 6.19. The summed E-state index contributed by atoms with van der Waals surface area (Å²) in [6.45, 7) is 2.91. The number of Topliss-reactive ketones (excluding diaryl/α,β-unsaturated/α-hetero) is 1. The summed E-state index contributed by atoms with van der Waals surface area (Å²) in [6, 6.07) is 1.94. The highest BCUT2D eigenvalue weighted by atomic mass is 19.1. The molecule has 1 aromatic rings. The van der Waals surface area contributed by atoms with Gasteiger partial charge in [-0.15, -0.1) is 0 Å². The third kappa shape index (κ3) is 2.09. The number of pyridine rings is 1. The van der Waals surface area contributed by atoms with Crippen molar-refractivity contribution in [3.05, 3.63) is 29.3 Å². The number of ketones is 1. The fourth-order valence-electron chi connectivity index (χ4n) is 0.945. The lowest BCUT2D eigenvalue weighted by molar-refractivity contribution is -0.118. The van der Waals surface area contributed by atoms with Gasteiger partial charge in [-0.25, -0.2) is 4.39 Å². The smallest absolute Gasteiger partial charge is 0.152 e. The number of nitrogens with zero attached hydrogens (tertiary/aromatic N) is 1. The molecule has 0 bridgehead atoms. The summed E-state index contributed by atoms with van der Waals surface area (Å²) in [6.07, 6.45) is 0. The Labute approximate surface area is 75.8 Å². The molecule has 0 aromatic carbocycles. The van der Waals surface area contributed by atoms with Crippen LogP contribution in [-0.2, 0) is 4.79 Å². The molecule has 0 fully saturated rings. The van der Waals surface area contributed by atoms with Crippen molar-refractivity contribution in [3.63, 3.8) is 0 Å². The zero-order chi connectivity index (χ0) is 10.0. The van der Waals surface area contributed by atoms with Crippen LogP contribution in [0.5, 0.6) is 0 Å². The highest BCUT2D eigenvalue weighted by Gasteiger charge is 2.13. The normalized spacial score (nSPS) is 12.6. The summed E-state index contributed by atoms with van der Waals surface area (Å²) in [4.78, 5) is 14.8. The largest absolute Gasteiger partial charge is 0.317 e. The van der Waals surface area contributed by atoms with Crippen LogP contribution in [0.2, 0.25) is 0 Å². The van der Waals surface area contributed by atoms with Crippen molar-refractivity contribution < 1.29 is 9.18 Å². The predicted molar refractivity (Wildman–Crippen MR) is 46.5 cm³/mol. The first-order valence-electron chi connectivity index (χ1n) is 3.91. The Morgan fingerprint density at radius 1 is 1.62 bits per heavy atom. The Bertz CT molecular complexity index is 338. The molecule has 1 aromatic heterocycles. The minimum absolute atomic E-state index is 0.182. The number of carbonyl (C=O) groups is 1. The highest BCUT2D eigenvalue weighted by Crippen LogP contribution is 2.11. The van der Waals surface area contributed by atoms with Crippen molar-refractivity contribution in [2.75, 3.05) is 0 Å².